The van der Waals surface area contributed by atoms with Crippen LogP contribution in [-0.2, 0) is 0 Å². The second-order valence-electron chi connectivity index (χ2n) is 9.40. The lowest BCUT2D eigenvalue weighted by atomic mass is 9.95. The molecule has 0 spiro atoms. The van der Waals surface area contributed by atoms with Crippen molar-refractivity contribution < 1.29 is 9.18 Å². The molecule has 0 atom stereocenters. The Morgan fingerprint density at radius 3 is 2.54 bits per heavy atom. The molecule has 0 aliphatic heterocycles. The fourth-order valence-electron chi connectivity index (χ4n) is 4.71. The van der Waals surface area contributed by atoms with Gasteiger partial charge in [-0.1, -0.05) is 55.1 Å². The Labute approximate surface area is 229 Å². The molecule has 0 unspecified atom stereocenters. The summed E-state index contributed by atoms with van der Waals surface area (Å²) in [6, 6.07) is 18.1. The van der Waals surface area contributed by atoms with Gasteiger partial charge in [-0.3, -0.25) is 4.79 Å². The van der Waals surface area contributed by atoms with Crippen LogP contribution in [0.25, 0.3) is 22.6 Å². The van der Waals surface area contributed by atoms with E-state index in [0.717, 1.165) is 35.3 Å². The maximum atomic E-state index is 14.4. The molecule has 190 valence electrons. The van der Waals surface area contributed by atoms with E-state index < -0.39 is 5.82 Å². The number of H-pyrrole nitrogens is 1. The van der Waals surface area contributed by atoms with Crippen LogP contribution in [0.2, 0.25) is 5.02 Å². The van der Waals surface area contributed by atoms with Gasteiger partial charge in [0.15, 0.2) is 0 Å². The third-order valence-electron chi connectivity index (χ3n) is 6.67. The molecule has 1 fully saturated rings. The molecule has 0 saturated heterocycles. The second kappa shape index (κ2) is 11.1. The third kappa shape index (κ3) is 5.73. The summed E-state index contributed by atoms with van der Waals surface area (Å²) in [7, 11) is 0. The van der Waals surface area contributed by atoms with Gasteiger partial charge < -0.3 is 15.6 Å². The first-order chi connectivity index (χ1) is 17.9. The molecule has 0 bridgehead atoms. The van der Waals surface area contributed by atoms with Crippen LogP contribution in [0.4, 0.5) is 15.8 Å². The molecule has 1 aromatic heterocycles. The number of carbonyl (C=O) groups excluding carboxylic acids is 1. The number of hydrogen-bond acceptors (Lipinski definition) is 3. The molecule has 1 saturated carbocycles. The molecule has 0 radical (unpaired) electrons. The molecule has 4 aromatic rings. The van der Waals surface area contributed by atoms with Crippen molar-refractivity contribution in [2.45, 2.75) is 45.1 Å². The first-order valence-corrected chi connectivity index (χ1v) is 13.5. The summed E-state index contributed by atoms with van der Waals surface area (Å²) in [6.07, 6.45) is 6.06. The van der Waals surface area contributed by atoms with Crippen molar-refractivity contribution in [3.8, 4) is 22.6 Å². The average Bonchev–Trinajstić information content (AvgIpc) is 3.27. The minimum Gasteiger partial charge on any atom is -0.381 e. The molecule has 5 nitrogen and oxygen atoms in total. The van der Waals surface area contributed by atoms with Crippen molar-refractivity contribution in [3.63, 3.8) is 0 Å². The van der Waals surface area contributed by atoms with E-state index in [1.807, 2.05) is 24.3 Å². The number of aryl methyl sites for hydroxylation is 1. The third-order valence-corrected chi connectivity index (χ3v) is 7.56. The second-order valence-corrected chi connectivity index (χ2v) is 10.6. The van der Waals surface area contributed by atoms with E-state index in [9.17, 15) is 9.18 Å². The van der Waals surface area contributed by atoms with Crippen LogP contribution in [0.3, 0.4) is 0 Å². The van der Waals surface area contributed by atoms with Crippen molar-refractivity contribution >= 4 is 44.8 Å². The molecule has 5 rings (SSSR count). The summed E-state index contributed by atoms with van der Waals surface area (Å²) >= 11 is 9.68. The van der Waals surface area contributed by atoms with E-state index >= 15 is 0 Å². The zero-order valence-electron chi connectivity index (χ0n) is 20.4. The number of imidazole rings is 1. The molecule has 1 amide bonds. The maximum absolute atomic E-state index is 14.4. The topological polar surface area (TPSA) is 69.8 Å². The maximum Gasteiger partial charge on any atom is 0.255 e. The number of carbonyl (C=O) groups is 1. The molecule has 37 heavy (non-hydrogen) atoms. The molecule has 1 heterocycles. The minimum atomic E-state index is -0.458. The SMILES string of the molecule is Cc1ccc(NC(=O)c2ccc(-c3nc(-c4c(F)cccc4Cl)[nH]c3Br)cc2)c(NC2CCCCC2)c1. The van der Waals surface area contributed by atoms with Crippen molar-refractivity contribution in [2.24, 2.45) is 0 Å². The van der Waals surface area contributed by atoms with Crippen LogP contribution in [0.15, 0.2) is 65.3 Å². The van der Waals surface area contributed by atoms with Gasteiger partial charge in [-0.25, -0.2) is 9.37 Å². The highest BCUT2D eigenvalue weighted by Gasteiger charge is 2.19. The van der Waals surface area contributed by atoms with Crippen LogP contribution < -0.4 is 10.6 Å². The highest BCUT2D eigenvalue weighted by Crippen LogP contribution is 2.34. The standard InChI is InChI=1S/C29H27BrClFN4O/c1-17-10-15-23(24(16-17)33-20-6-3-2-4-7-20)34-29(37)19-13-11-18(12-14-19)26-27(30)36-28(35-26)25-21(31)8-5-9-22(25)32/h5,8-16,20,33H,2-4,6-7H2,1H3,(H,34,37)(H,35,36). The van der Waals surface area contributed by atoms with Crippen LogP contribution in [0.5, 0.6) is 0 Å². The van der Waals surface area contributed by atoms with Crippen molar-refractivity contribution in [1.82, 2.24) is 9.97 Å². The fourth-order valence-corrected chi connectivity index (χ4v) is 5.47. The van der Waals surface area contributed by atoms with Gasteiger partial charge >= 0.3 is 0 Å². The Morgan fingerprint density at radius 1 is 1.05 bits per heavy atom. The summed E-state index contributed by atoms with van der Waals surface area (Å²) in [4.78, 5) is 20.7. The molecular formula is C29H27BrClFN4O. The summed E-state index contributed by atoms with van der Waals surface area (Å²) in [6.45, 7) is 2.05. The summed E-state index contributed by atoms with van der Waals surface area (Å²) in [5, 5.41) is 6.97. The number of anilines is 2. The van der Waals surface area contributed by atoms with E-state index in [2.05, 4.69) is 49.5 Å². The van der Waals surface area contributed by atoms with Gasteiger partial charge in [-0.2, -0.15) is 0 Å². The Bertz CT molecular complexity index is 1410. The smallest absolute Gasteiger partial charge is 0.255 e. The van der Waals surface area contributed by atoms with E-state index in [1.165, 1.54) is 25.3 Å². The Morgan fingerprint density at radius 2 is 1.81 bits per heavy atom. The highest BCUT2D eigenvalue weighted by atomic mass is 79.9. The largest absolute Gasteiger partial charge is 0.381 e. The number of aromatic nitrogens is 2. The monoisotopic (exact) mass is 580 g/mol. The predicted octanol–water partition coefficient (Wildman–Crippen LogP) is 8.60. The lowest BCUT2D eigenvalue weighted by molar-refractivity contribution is 0.102. The summed E-state index contributed by atoms with van der Waals surface area (Å²) in [5.41, 5.74) is 4.97. The molecule has 3 N–H and O–H groups in total. The van der Waals surface area contributed by atoms with Crippen LogP contribution >= 0.6 is 27.5 Å². The molecule has 1 aliphatic rings. The number of aromatic amines is 1. The molecule has 1 aliphatic carbocycles. The van der Waals surface area contributed by atoms with Gasteiger partial charge in [0.1, 0.15) is 21.9 Å². The first kappa shape index (κ1) is 25.5. The average molecular weight is 582 g/mol. The summed E-state index contributed by atoms with van der Waals surface area (Å²) in [5.74, 6) is -0.327. The van der Waals surface area contributed by atoms with Gasteiger partial charge in [-0.05, 0) is 77.7 Å². The van der Waals surface area contributed by atoms with Crippen molar-refractivity contribution in [1.29, 1.82) is 0 Å². The molecule has 3 aromatic carbocycles. The number of halogens is 3. The van der Waals surface area contributed by atoms with Gasteiger partial charge in [-0.15, -0.1) is 0 Å². The Balaban J connectivity index is 1.34. The fraction of sp³-hybridized carbons (Fsp3) is 0.241. The van der Waals surface area contributed by atoms with E-state index in [0.29, 0.717) is 27.7 Å². The van der Waals surface area contributed by atoms with E-state index in [4.69, 9.17) is 11.6 Å². The number of benzene rings is 3. The van der Waals surface area contributed by atoms with Crippen LogP contribution in [0.1, 0.15) is 48.0 Å². The predicted molar refractivity (Wildman–Crippen MR) is 152 cm³/mol. The number of hydrogen-bond donors (Lipinski definition) is 3. The molecular weight excluding hydrogens is 555 g/mol. The van der Waals surface area contributed by atoms with Gasteiger partial charge in [0.05, 0.1) is 22.0 Å². The van der Waals surface area contributed by atoms with E-state index in [-0.39, 0.29) is 16.5 Å². The van der Waals surface area contributed by atoms with Crippen molar-refractivity contribution in [2.75, 3.05) is 10.6 Å². The quantitative estimate of drug-likeness (QED) is 0.213. The Kier molecular flexibility index (Phi) is 7.63. The number of rotatable bonds is 6. The van der Waals surface area contributed by atoms with Gasteiger partial charge in [0.25, 0.3) is 5.91 Å². The summed E-state index contributed by atoms with van der Waals surface area (Å²) < 4.78 is 15.0. The van der Waals surface area contributed by atoms with Crippen LogP contribution in [-0.4, -0.2) is 21.9 Å². The first-order valence-electron chi connectivity index (χ1n) is 12.4. The normalized spacial score (nSPS) is 13.9. The lowest BCUT2D eigenvalue weighted by Crippen LogP contribution is -2.23. The Hall–Kier alpha value is -3.16. The highest BCUT2D eigenvalue weighted by molar-refractivity contribution is 9.10. The zero-order chi connectivity index (χ0) is 25.9. The van der Waals surface area contributed by atoms with Gasteiger partial charge in [0.2, 0.25) is 0 Å². The minimum absolute atomic E-state index is 0.193. The zero-order valence-corrected chi connectivity index (χ0v) is 22.7. The van der Waals surface area contributed by atoms with E-state index in [1.54, 1.807) is 24.3 Å². The van der Waals surface area contributed by atoms with Gasteiger partial charge in [0, 0.05) is 17.2 Å². The number of nitrogens with one attached hydrogen (secondary N) is 3. The number of amides is 1. The lowest BCUT2D eigenvalue weighted by Gasteiger charge is -2.25. The van der Waals surface area contributed by atoms with Crippen LogP contribution in [0, 0.1) is 12.7 Å². The number of nitrogens with zero attached hydrogens (tertiary/aromatic N) is 1. The molecule has 8 heteroatoms. The van der Waals surface area contributed by atoms with Crippen molar-refractivity contribution in [3.05, 3.63) is 87.2 Å².